The van der Waals surface area contributed by atoms with Crippen LogP contribution in [-0.2, 0) is 0 Å². The summed E-state index contributed by atoms with van der Waals surface area (Å²) in [5.74, 6) is 0.178. The summed E-state index contributed by atoms with van der Waals surface area (Å²) in [7, 11) is 0. The van der Waals surface area contributed by atoms with Gasteiger partial charge in [0.2, 0.25) is 0 Å². The third kappa shape index (κ3) is 4.14. The number of carbonyl (C=O) groups excluding carboxylic acids is 1. The molecule has 2 aromatic rings. The van der Waals surface area contributed by atoms with E-state index in [2.05, 4.69) is 5.10 Å². The largest absolute Gasteiger partial charge is 0.337 e. The number of amides is 1. The number of nitrogens with two attached hydrogens (primary N) is 1. The molecule has 1 aromatic heterocycles. The maximum atomic E-state index is 12.7. The molecule has 0 aliphatic carbocycles. The van der Waals surface area contributed by atoms with Crippen molar-refractivity contribution in [2.45, 2.75) is 32.7 Å². The van der Waals surface area contributed by atoms with E-state index < -0.39 is 0 Å². The first-order valence-electron chi connectivity index (χ1n) is 8.39. The molecule has 2 atom stereocenters. The number of aromatic amines is 1. The molecule has 1 amide bonds. The minimum Gasteiger partial charge on any atom is -0.337 e. The molecule has 0 radical (unpaired) electrons. The lowest BCUT2D eigenvalue weighted by Crippen LogP contribution is -2.45. The van der Waals surface area contributed by atoms with Crippen LogP contribution in [0.4, 0.5) is 0 Å². The fourth-order valence-corrected chi connectivity index (χ4v) is 3.18. The normalized spacial score (nSPS) is 18.5. The standard InChI is InChI=1S/C18H24N4O2.ClH/c1-12-5-7-15(8-6-12)22-17(23)10-16(20-22)18(24)21-9-3-4-14(11-21)13(2)19;/h5-8,10,13-14,20H,3-4,9,11,19H2,1-2H3;1H. The van der Waals surface area contributed by atoms with Crippen molar-refractivity contribution in [1.82, 2.24) is 14.7 Å². The van der Waals surface area contributed by atoms with E-state index >= 15 is 0 Å². The van der Waals surface area contributed by atoms with Crippen LogP contribution in [0.15, 0.2) is 35.1 Å². The Morgan fingerprint density at radius 1 is 1.32 bits per heavy atom. The van der Waals surface area contributed by atoms with Gasteiger partial charge in [-0.3, -0.25) is 14.7 Å². The van der Waals surface area contributed by atoms with Crippen LogP contribution in [0.3, 0.4) is 0 Å². The molecule has 136 valence electrons. The molecule has 0 saturated carbocycles. The molecular weight excluding hydrogens is 340 g/mol. The smallest absolute Gasteiger partial charge is 0.271 e. The molecule has 1 saturated heterocycles. The summed E-state index contributed by atoms with van der Waals surface area (Å²) in [5.41, 5.74) is 7.91. The first-order chi connectivity index (χ1) is 11.5. The molecule has 3 rings (SSSR count). The molecule has 1 aliphatic rings. The monoisotopic (exact) mass is 364 g/mol. The number of halogens is 1. The van der Waals surface area contributed by atoms with Crippen LogP contribution in [0.25, 0.3) is 5.69 Å². The summed E-state index contributed by atoms with van der Waals surface area (Å²) in [4.78, 5) is 26.7. The zero-order valence-corrected chi connectivity index (χ0v) is 15.4. The van der Waals surface area contributed by atoms with Gasteiger partial charge in [-0.25, -0.2) is 4.68 Å². The van der Waals surface area contributed by atoms with E-state index in [0.29, 0.717) is 24.7 Å². The third-order valence-electron chi connectivity index (χ3n) is 4.73. The maximum absolute atomic E-state index is 12.7. The molecule has 1 aliphatic heterocycles. The van der Waals surface area contributed by atoms with Gasteiger partial charge in [0.25, 0.3) is 11.5 Å². The van der Waals surface area contributed by atoms with E-state index in [1.54, 1.807) is 4.90 Å². The van der Waals surface area contributed by atoms with Gasteiger partial charge in [0.1, 0.15) is 5.69 Å². The van der Waals surface area contributed by atoms with Crippen molar-refractivity contribution in [2.24, 2.45) is 11.7 Å². The highest BCUT2D eigenvalue weighted by molar-refractivity contribution is 5.92. The Balaban J connectivity index is 0.00000225. The summed E-state index contributed by atoms with van der Waals surface area (Å²) >= 11 is 0. The molecular formula is C18H25ClN4O2. The Morgan fingerprint density at radius 3 is 2.64 bits per heavy atom. The SMILES string of the molecule is Cc1ccc(-n2[nH]c(C(=O)N3CCCC(C(C)N)C3)cc2=O)cc1.Cl. The van der Waals surface area contributed by atoms with Gasteiger partial charge >= 0.3 is 0 Å². The number of nitrogens with zero attached hydrogens (tertiary/aromatic N) is 2. The molecule has 3 N–H and O–H groups in total. The zero-order chi connectivity index (χ0) is 17.3. The van der Waals surface area contributed by atoms with E-state index in [1.165, 1.54) is 10.7 Å². The fraction of sp³-hybridized carbons (Fsp3) is 0.444. The summed E-state index contributed by atoms with van der Waals surface area (Å²) in [6.45, 7) is 5.32. The summed E-state index contributed by atoms with van der Waals surface area (Å²) in [6.07, 6.45) is 1.99. The first-order valence-corrected chi connectivity index (χ1v) is 8.39. The average Bonchev–Trinajstić information content (AvgIpc) is 2.97. The first kappa shape index (κ1) is 19.3. The number of benzene rings is 1. The van der Waals surface area contributed by atoms with E-state index in [-0.39, 0.29) is 29.9 Å². The van der Waals surface area contributed by atoms with E-state index in [0.717, 1.165) is 24.1 Å². The highest BCUT2D eigenvalue weighted by atomic mass is 35.5. The van der Waals surface area contributed by atoms with Crippen molar-refractivity contribution in [1.29, 1.82) is 0 Å². The number of rotatable bonds is 3. The van der Waals surface area contributed by atoms with Gasteiger partial charge in [0, 0.05) is 25.2 Å². The van der Waals surface area contributed by atoms with E-state index in [9.17, 15) is 9.59 Å². The molecule has 6 nitrogen and oxygen atoms in total. The Bertz CT molecular complexity index is 779. The van der Waals surface area contributed by atoms with Crippen molar-refractivity contribution in [3.63, 3.8) is 0 Å². The summed E-state index contributed by atoms with van der Waals surface area (Å²) < 4.78 is 1.40. The molecule has 25 heavy (non-hydrogen) atoms. The van der Waals surface area contributed by atoms with Crippen molar-refractivity contribution in [3.05, 3.63) is 51.9 Å². The number of H-pyrrole nitrogens is 1. The molecule has 0 bridgehead atoms. The van der Waals surface area contributed by atoms with Crippen LogP contribution in [0, 0.1) is 12.8 Å². The number of nitrogens with one attached hydrogen (secondary N) is 1. The van der Waals surface area contributed by atoms with E-state index in [1.807, 2.05) is 38.1 Å². The van der Waals surface area contributed by atoms with Gasteiger partial charge in [-0.05, 0) is 44.7 Å². The number of aromatic nitrogens is 2. The predicted molar refractivity (Wildman–Crippen MR) is 101 cm³/mol. The van der Waals surface area contributed by atoms with Crippen LogP contribution in [0.2, 0.25) is 0 Å². The lowest BCUT2D eigenvalue weighted by molar-refractivity contribution is 0.0654. The summed E-state index contributed by atoms with van der Waals surface area (Å²) in [5, 5.41) is 2.94. The molecule has 1 fully saturated rings. The van der Waals surface area contributed by atoms with Gasteiger partial charge in [-0.1, -0.05) is 17.7 Å². The predicted octanol–water partition coefficient (Wildman–Crippen LogP) is 2.10. The van der Waals surface area contributed by atoms with Crippen molar-refractivity contribution < 1.29 is 4.79 Å². The van der Waals surface area contributed by atoms with Gasteiger partial charge < -0.3 is 10.6 Å². The minimum absolute atomic E-state index is 0. The maximum Gasteiger partial charge on any atom is 0.271 e. The molecule has 1 aromatic carbocycles. The Morgan fingerprint density at radius 2 is 2.00 bits per heavy atom. The van der Waals surface area contributed by atoms with Crippen LogP contribution in [0.1, 0.15) is 35.8 Å². The van der Waals surface area contributed by atoms with Gasteiger partial charge in [0.15, 0.2) is 0 Å². The van der Waals surface area contributed by atoms with Crippen molar-refractivity contribution in [2.75, 3.05) is 13.1 Å². The second-order valence-electron chi connectivity index (χ2n) is 6.69. The molecule has 2 heterocycles. The van der Waals surface area contributed by atoms with Gasteiger partial charge in [0.05, 0.1) is 5.69 Å². The second-order valence-corrected chi connectivity index (χ2v) is 6.69. The Hall–Kier alpha value is -2.05. The van der Waals surface area contributed by atoms with Crippen LogP contribution in [0.5, 0.6) is 0 Å². The highest BCUT2D eigenvalue weighted by Crippen LogP contribution is 2.20. The quantitative estimate of drug-likeness (QED) is 0.874. The lowest BCUT2D eigenvalue weighted by atomic mass is 9.92. The molecule has 7 heteroatoms. The van der Waals surface area contributed by atoms with Crippen molar-refractivity contribution in [3.8, 4) is 5.69 Å². The molecule has 2 unspecified atom stereocenters. The van der Waals surface area contributed by atoms with E-state index in [4.69, 9.17) is 5.73 Å². The highest BCUT2D eigenvalue weighted by Gasteiger charge is 2.27. The summed E-state index contributed by atoms with van der Waals surface area (Å²) in [6, 6.07) is 9.02. The van der Waals surface area contributed by atoms with Crippen LogP contribution >= 0.6 is 12.4 Å². The van der Waals surface area contributed by atoms with Crippen molar-refractivity contribution >= 4 is 18.3 Å². The lowest BCUT2D eigenvalue weighted by Gasteiger charge is -2.34. The number of aryl methyl sites for hydroxylation is 1. The minimum atomic E-state index is -0.233. The topological polar surface area (TPSA) is 84.1 Å². The zero-order valence-electron chi connectivity index (χ0n) is 14.6. The third-order valence-corrected chi connectivity index (χ3v) is 4.73. The molecule has 0 spiro atoms. The number of carbonyl (C=O) groups is 1. The fourth-order valence-electron chi connectivity index (χ4n) is 3.18. The Kier molecular flexibility index (Phi) is 6.08. The average molecular weight is 365 g/mol. The van der Waals surface area contributed by atoms with Crippen LogP contribution < -0.4 is 11.3 Å². The van der Waals surface area contributed by atoms with Gasteiger partial charge in [-0.15, -0.1) is 12.4 Å². The number of likely N-dealkylation sites (tertiary alicyclic amines) is 1. The van der Waals surface area contributed by atoms with Gasteiger partial charge in [-0.2, -0.15) is 0 Å². The number of hydrogen-bond donors (Lipinski definition) is 2. The number of piperidine rings is 1. The second kappa shape index (κ2) is 7.89. The Labute approximate surface area is 153 Å². The number of hydrogen-bond acceptors (Lipinski definition) is 3. The van der Waals surface area contributed by atoms with Crippen LogP contribution in [-0.4, -0.2) is 39.7 Å².